The van der Waals surface area contributed by atoms with E-state index in [2.05, 4.69) is 17.4 Å². The predicted octanol–water partition coefficient (Wildman–Crippen LogP) is 2.10. The van der Waals surface area contributed by atoms with Crippen LogP contribution in [0.1, 0.15) is 50.3 Å². The third-order valence-corrected chi connectivity index (χ3v) is 3.07. The van der Waals surface area contributed by atoms with E-state index in [1.54, 1.807) is 0 Å². The second-order valence-corrected chi connectivity index (χ2v) is 4.69. The predicted molar refractivity (Wildman–Crippen MR) is 63.3 cm³/mol. The van der Waals surface area contributed by atoms with Crippen molar-refractivity contribution in [3.63, 3.8) is 0 Å². The SMILES string of the molecule is CCC(C)(O)CNC(C)c1c(C)noc1C. The van der Waals surface area contributed by atoms with Gasteiger partial charge in [-0.15, -0.1) is 0 Å². The Morgan fingerprint density at radius 3 is 2.56 bits per heavy atom. The molecule has 4 nitrogen and oxygen atoms in total. The van der Waals surface area contributed by atoms with E-state index in [9.17, 15) is 5.11 Å². The third-order valence-electron chi connectivity index (χ3n) is 3.07. The fourth-order valence-electron chi connectivity index (χ4n) is 1.71. The molecule has 0 amide bonds. The van der Waals surface area contributed by atoms with Crippen LogP contribution in [0.25, 0.3) is 0 Å². The number of hydrogen-bond donors (Lipinski definition) is 2. The van der Waals surface area contributed by atoms with Crippen LogP contribution in [0.15, 0.2) is 4.52 Å². The molecule has 0 saturated carbocycles. The monoisotopic (exact) mass is 226 g/mol. The van der Waals surface area contributed by atoms with E-state index in [1.165, 1.54) is 0 Å². The Kier molecular flexibility index (Phi) is 4.10. The molecule has 0 saturated heterocycles. The van der Waals surface area contributed by atoms with Crippen molar-refractivity contribution >= 4 is 0 Å². The Labute approximate surface area is 97.0 Å². The summed E-state index contributed by atoms with van der Waals surface area (Å²) in [5.74, 6) is 0.841. The maximum Gasteiger partial charge on any atom is 0.138 e. The van der Waals surface area contributed by atoms with Gasteiger partial charge in [-0.1, -0.05) is 12.1 Å². The first kappa shape index (κ1) is 13.2. The Morgan fingerprint density at radius 2 is 2.12 bits per heavy atom. The Morgan fingerprint density at radius 1 is 1.50 bits per heavy atom. The molecule has 2 N–H and O–H groups in total. The van der Waals surface area contributed by atoms with Crippen LogP contribution in [-0.2, 0) is 0 Å². The molecule has 2 atom stereocenters. The highest BCUT2D eigenvalue weighted by atomic mass is 16.5. The zero-order valence-corrected chi connectivity index (χ0v) is 10.8. The first-order valence-corrected chi connectivity index (χ1v) is 5.76. The summed E-state index contributed by atoms with van der Waals surface area (Å²) in [7, 11) is 0. The molecule has 0 aliphatic heterocycles. The van der Waals surface area contributed by atoms with E-state index < -0.39 is 5.60 Å². The summed E-state index contributed by atoms with van der Waals surface area (Å²) in [5.41, 5.74) is 1.34. The minimum absolute atomic E-state index is 0.143. The van der Waals surface area contributed by atoms with Crippen LogP contribution in [0.2, 0.25) is 0 Å². The first-order valence-electron chi connectivity index (χ1n) is 5.76. The second kappa shape index (κ2) is 4.97. The van der Waals surface area contributed by atoms with E-state index in [-0.39, 0.29) is 6.04 Å². The Hall–Kier alpha value is -0.870. The standard InChI is InChI=1S/C12H22N2O2/c1-6-12(5,15)7-13-8(2)11-9(3)14-16-10(11)4/h8,13,15H,6-7H2,1-5H3. The normalized spacial score (nSPS) is 17.1. The molecule has 0 aliphatic carbocycles. The number of aryl methyl sites for hydroxylation is 2. The van der Waals surface area contributed by atoms with Gasteiger partial charge in [0, 0.05) is 18.2 Å². The van der Waals surface area contributed by atoms with Gasteiger partial charge in [0.05, 0.1) is 11.3 Å². The average molecular weight is 226 g/mol. The van der Waals surface area contributed by atoms with E-state index in [1.807, 2.05) is 27.7 Å². The molecule has 1 rings (SSSR count). The molecule has 0 radical (unpaired) electrons. The molecule has 0 aliphatic rings. The molecule has 1 heterocycles. The summed E-state index contributed by atoms with van der Waals surface area (Å²) >= 11 is 0. The molecule has 0 aromatic carbocycles. The van der Waals surface area contributed by atoms with E-state index in [0.29, 0.717) is 6.54 Å². The number of aliphatic hydroxyl groups is 1. The van der Waals surface area contributed by atoms with Crippen molar-refractivity contribution in [1.29, 1.82) is 0 Å². The Balaban J connectivity index is 2.63. The van der Waals surface area contributed by atoms with Crippen molar-refractivity contribution in [2.75, 3.05) is 6.54 Å². The van der Waals surface area contributed by atoms with Crippen LogP contribution >= 0.6 is 0 Å². The van der Waals surface area contributed by atoms with Gasteiger partial charge in [-0.05, 0) is 34.1 Å². The van der Waals surface area contributed by atoms with Crippen molar-refractivity contribution < 1.29 is 9.63 Å². The summed E-state index contributed by atoms with van der Waals surface area (Å²) in [4.78, 5) is 0. The lowest BCUT2D eigenvalue weighted by Gasteiger charge is -2.24. The molecule has 16 heavy (non-hydrogen) atoms. The summed E-state index contributed by atoms with van der Waals surface area (Å²) in [6.45, 7) is 10.3. The molecule has 0 spiro atoms. The van der Waals surface area contributed by atoms with Crippen molar-refractivity contribution in [1.82, 2.24) is 10.5 Å². The number of rotatable bonds is 5. The largest absolute Gasteiger partial charge is 0.389 e. The highest BCUT2D eigenvalue weighted by Crippen LogP contribution is 2.21. The van der Waals surface area contributed by atoms with Gasteiger partial charge in [-0.3, -0.25) is 0 Å². The minimum Gasteiger partial charge on any atom is -0.389 e. The zero-order chi connectivity index (χ0) is 12.3. The van der Waals surface area contributed by atoms with E-state index >= 15 is 0 Å². The van der Waals surface area contributed by atoms with Gasteiger partial charge in [0.15, 0.2) is 0 Å². The van der Waals surface area contributed by atoms with Crippen LogP contribution in [0.5, 0.6) is 0 Å². The van der Waals surface area contributed by atoms with Crippen LogP contribution in [0.3, 0.4) is 0 Å². The maximum atomic E-state index is 9.91. The highest BCUT2D eigenvalue weighted by molar-refractivity contribution is 5.24. The molecule has 4 heteroatoms. The molecule has 1 aromatic heterocycles. The number of nitrogens with one attached hydrogen (secondary N) is 1. The lowest BCUT2D eigenvalue weighted by molar-refractivity contribution is 0.0533. The fourth-order valence-corrected chi connectivity index (χ4v) is 1.71. The lowest BCUT2D eigenvalue weighted by atomic mass is 10.0. The molecule has 0 fully saturated rings. The van der Waals surface area contributed by atoms with Gasteiger partial charge >= 0.3 is 0 Å². The quantitative estimate of drug-likeness (QED) is 0.807. The maximum absolute atomic E-state index is 9.91. The van der Waals surface area contributed by atoms with Gasteiger partial charge in [0.1, 0.15) is 5.76 Å². The Bertz CT molecular complexity index is 325. The molecule has 92 valence electrons. The van der Waals surface area contributed by atoms with Gasteiger partial charge < -0.3 is 14.9 Å². The van der Waals surface area contributed by atoms with Crippen molar-refractivity contribution in [3.8, 4) is 0 Å². The van der Waals surface area contributed by atoms with Crippen molar-refractivity contribution in [2.24, 2.45) is 0 Å². The fraction of sp³-hybridized carbons (Fsp3) is 0.750. The van der Waals surface area contributed by atoms with Gasteiger partial charge in [0.25, 0.3) is 0 Å². The van der Waals surface area contributed by atoms with E-state index in [4.69, 9.17) is 4.52 Å². The number of aromatic nitrogens is 1. The molecule has 0 bridgehead atoms. The number of hydrogen-bond acceptors (Lipinski definition) is 4. The van der Waals surface area contributed by atoms with Crippen LogP contribution in [0, 0.1) is 13.8 Å². The summed E-state index contributed by atoms with van der Waals surface area (Å²) in [6, 6.07) is 0.143. The highest BCUT2D eigenvalue weighted by Gasteiger charge is 2.21. The van der Waals surface area contributed by atoms with Gasteiger partial charge in [0.2, 0.25) is 0 Å². The summed E-state index contributed by atoms with van der Waals surface area (Å²) < 4.78 is 5.12. The smallest absolute Gasteiger partial charge is 0.138 e. The van der Waals surface area contributed by atoms with Crippen LogP contribution in [-0.4, -0.2) is 22.4 Å². The van der Waals surface area contributed by atoms with Crippen LogP contribution in [0.4, 0.5) is 0 Å². The minimum atomic E-state index is -0.659. The van der Waals surface area contributed by atoms with Crippen molar-refractivity contribution in [2.45, 2.75) is 52.7 Å². The lowest BCUT2D eigenvalue weighted by Crippen LogP contribution is -2.38. The van der Waals surface area contributed by atoms with Crippen molar-refractivity contribution in [3.05, 3.63) is 17.0 Å². The summed E-state index contributed by atoms with van der Waals surface area (Å²) in [5, 5.41) is 17.1. The molecule has 2 unspecified atom stereocenters. The van der Waals surface area contributed by atoms with E-state index in [0.717, 1.165) is 23.4 Å². The second-order valence-electron chi connectivity index (χ2n) is 4.69. The first-order chi connectivity index (χ1) is 7.37. The van der Waals surface area contributed by atoms with Crippen LogP contribution < -0.4 is 5.32 Å². The average Bonchev–Trinajstić information content (AvgIpc) is 2.55. The zero-order valence-electron chi connectivity index (χ0n) is 10.8. The summed E-state index contributed by atoms with van der Waals surface area (Å²) in [6.07, 6.45) is 0.730. The molecule has 1 aromatic rings. The molecular formula is C12H22N2O2. The third kappa shape index (κ3) is 3.06. The number of nitrogens with zero attached hydrogens (tertiary/aromatic N) is 1. The molecular weight excluding hydrogens is 204 g/mol. The van der Waals surface area contributed by atoms with Gasteiger partial charge in [-0.2, -0.15) is 0 Å². The topological polar surface area (TPSA) is 58.3 Å². The van der Waals surface area contributed by atoms with Gasteiger partial charge in [-0.25, -0.2) is 0 Å².